The Morgan fingerprint density at radius 2 is 1.26 bits per heavy atom. The lowest BCUT2D eigenvalue weighted by atomic mass is 10.4. The summed E-state index contributed by atoms with van der Waals surface area (Å²) in [4.78, 5) is 0.439. The van der Waals surface area contributed by atoms with Gasteiger partial charge in [-0.1, -0.05) is 70.1 Å². The van der Waals surface area contributed by atoms with Crippen LogP contribution >= 0.6 is 0 Å². The summed E-state index contributed by atoms with van der Waals surface area (Å²) in [6, 6.07) is 11.4. The van der Waals surface area contributed by atoms with Gasteiger partial charge in [-0.05, 0) is 25.0 Å². The van der Waals surface area contributed by atoms with E-state index < -0.39 is 18.1 Å². The fraction of sp³-hybridized carbons (Fsp3) is 0.667. The van der Waals surface area contributed by atoms with Crippen molar-refractivity contribution >= 4 is 23.3 Å². The first-order valence-corrected chi connectivity index (χ1v) is 13.1. The van der Waals surface area contributed by atoms with Crippen LogP contribution in [0.4, 0.5) is 0 Å². The lowest BCUT2D eigenvalue weighted by Crippen LogP contribution is -2.45. The van der Waals surface area contributed by atoms with Crippen molar-refractivity contribution < 1.29 is 8.42 Å². The molecule has 3 nitrogen and oxygen atoms in total. The normalized spacial score (nSPS) is 12.8. The first-order valence-electron chi connectivity index (χ1n) is 9.02. The van der Waals surface area contributed by atoms with Gasteiger partial charge in [0, 0.05) is 13.1 Å². The summed E-state index contributed by atoms with van der Waals surface area (Å²) in [6.45, 7) is 12.0. The highest BCUT2D eigenvalue weighted by atomic mass is 32.2. The van der Waals surface area contributed by atoms with Crippen molar-refractivity contribution in [2.24, 2.45) is 0 Å². The second-order valence-electron chi connectivity index (χ2n) is 6.27. The van der Waals surface area contributed by atoms with Crippen molar-refractivity contribution in [1.82, 2.24) is 4.31 Å². The highest BCUT2D eigenvalue weighted by Gasteiger charge is 2.30. The van der Waals surface area contributed by atoms with E-state index in [1.54, 1.807) is 4.31 Å². The number of hydrogen-bond acceptors (Lipinski definition) is 2. The van der Waals surface area contributed by atoms with E-state index in [4.69, 9.17) is 0 Å². The molecule has 1 aromatic carbocycles. The molecule has 5 heteroatoms. The predicted molar refractivity (Wildman–Crippen MR) is 103 cm³/mol. The van der Waals surface area contributed by atoms with Gasteiger partial charge in [-0.25, -0.2) is 8.42 Å². The molecule has 0 aliphatic heterocycles. The molecule has 0 radical (unpaired) electrons. The van der Waals surface area contributed by atoms with E-state index in [1.807, 2.05) is 26.0 Å². The standard InChI is InChI=1S/C18H33NO2SSi/c1-6-15-19(16-7-2)22(20,21)17-11-13-18(14-12-17)23(8-3,9-4)10-5/h11-14H,6-10,15-16H2,1-5H3. The number of benzene rings is 1. The lowest BCUT2D eigenvalue weighted by Gasteiger charge is -2.29. The van der Waals surface area contributed by atoms with Crippen molar-refractivity contribution in [3.8, 4) is 0 Å². The zero-order valence-electron chi connectivity index (χ0n) is 15.4. The molecule has 1 rings (SSSR count). The third-order valence-corrected chi connectivity index (χ3v) is 12.6. The van der Waals surface area contributed by atoms with Crippen molar-refractivity contribution in [2.45, 2.75) is 70.5 Å². The second-order valence-corrected chi connectivity index (χ2v) is 13.5. The second kappa shape index (κ2) is 8.99. The molecule has 1 aromatic rings. The molecule has 0 aliphatic rings. The summed E-state index contributed by atoms with van der Waals surface area (Å²) in [5.41, 5.74) is 0. The molecule has 0 aromatic heterocycles. The van der Waals surface area contributed by atoms with E-state index >= 15 is 0 Å². The van der Waals surface area contributed by atoms with Crippen LogP contribution in [0.5, 0.6) is 0 Å². The minimum Gasteiger partial charge on any atom is -0.207 e. The highest BCUT2D eigenvalue weighted by molar-refractivity contribution is 7.89. The van der Waals surface area contributed by atoms with Crippen LogP contribution in [0.3, 0.4) is 0 Å². The zero-order chi connectivity index (χ0) is 17.5. The molecule has 0 atom stereocenters. The van der Waals surface area contributed by atoms with Gasteiger partial charge in [-0.2, -0.15) is 4.31 Å². The van der Waals surface area contributed by atoms with Gasteiger partial charge in [0.05, 0.1) is 13.0 Å². The lowest BCUT2D eigenvalue weighted by molar-refractivity contribution is 0.410. The molecule has 0 N–H and O–H groups in total. The monoisotopic (exact) mass is 355 g/mol. The Hall–Kier alpha value is -0.653. The van der Waals surface area contributed by atoms with Crippen LogP contribution in [0.15, 0.2) is 29.2 Å². The van der Waals surface area contributed by atoms with Crippen LogP contribution in [-0.2, 0) is 10.0 Å². The average molecular weight is 356 g/mol. The van der Waals surface area contributed by atoms with Crippen LogP contribution in [0.2, 0.25) is 18.1 Å². The minimum absolute atomic E-state index is 0.439. The predicted octanol–water partition coefficient (Wildman–Crippen LogP) is 4.21. The Morgan fingerprint density at radius 1 is 0.826 bits per heavy atom. The third-order valence-electron chi connectivity index (χ3n) is 5.08. The molecule has 0 saturated heterocycles. The Kier molecular flexibility index (Phi) is 7.97. The van der Waals surface area contributed by atoms with E-state index in [0.29, 0.717) is 18.0 Å². The molecule has 0 unspecified atom stereocenters. The Balaban J connectivity index is 3.16. The van der Waals surface area contributed by atoms with Crippen LogP contribution in [0.25, 0.3) is 0 Å². The summed E-state index contributed by atoms with van der Waals surface area (Å²) in [7, 11) is -4.80. The fourth-order valence-electron chi connectivity index (χ4n) is 3.34. The molecule has 0 bridgehead atoms. The van der Waals surface area contributed by atoms with Gasteiger partial charge in [-0.3, -0.25) is 0 Å². The summed E-state index contributed by atoms with van der Waals surface area (Å²) in [5, 5.41) is 1.39. The molecule has 0 saturated carbocycles. The van der Waals surface area contributed by atoms with Gasteiger partial charge in [0.25, 0.3) is 0 Å². The molecule has 0 spiro atoms. The van der Waals surface area contributed by atoms with Gasteiger partial charge in [0.1, 0.15) is 0 Å². The zero-order valence-corrected chi connectivity index (χ0v) is 17.2. The van der Waals surface area contributed by atoms with Gasteiger partial charge in [0.15, 0.2) is 0 Å². The van der Waals surface area contributed by atoms with E-state index in [2.05, 4.69) is 32.9 Å². The summed E-state index contributed by atoms with van der Waals surface area (Å²) in [5.74, 6) is 0. The number of hydrogen-bond donors (Lipinski definition) is 0. The maximum Gasteiger partial charge on any atom is 0.243 e. The first kappa shape index (κ1) is 20.4. The van der Waals surface area contributed by atoms with Crippen molar-refractivity contribution in [3.63, 3.8) is 0 Å². The van der Waals surface area contributed by atoms with Crippen molar-refractivity contribution in [1.29, 1.82) is 0 Å². The first-order chi connectivity index (χ1) is 10.9. The molecular formula is C18H33NO2SSi. The maximum atomic E-state index is 12.8. The Bertz CT molecular complexity index is 551. The highest BCUT2D eigenvalue weighted by Crippen LogP contribution is 2.22. The topological polar surface area (TPSA) is 37.4 Å². The summed E-state index contributed by atoms with van der Waals surface area (Å²) >= 11 is 0. The minimum atomic E-state index is -3.36. The molecule has 0 heterocycles. The molecule has 0 amide bonds. The van der Waals surface area contributed by atoms with Crippen LogP contribution < -0.4 is 5.19 Å². The molecule has 23 heavy (non-hydrogen) atoms. The van der Waals surface area contributed by atoms with E-state index in [9.17, 15) is 8.42 Å². The van der Waals surface area contributed by atoms with E-state index in [0.717, 1.165) is 12.8 Å². The number of nitrogens with zero attached hydrogens (tertiary/aromatic N) is 1. The Labute approximate surface area is 144 Å². The average Bonchev–Trinajstić information content (AvgIpc) is 2.57. The fourth-order valence-corrected chi connectivity index (χ4v) is 8.57. The van der Waals surface area contributed by atoms with Crippen LogP contribution in [-0.4, -0.2) is 33.9 Å². The SMILES string of the molecule is CCCN(CCC)S(=O)(=O)c1ccc([Si](CC)(CC)CC)cc1. The van der Waals surface area contributed by atoms with Gasteiger partial charge < -0.3 is 0 Å². The maximum absolute atomic E-state index is 12.8. The van der Waals surface area contributed by atoms with Crippen molar-refractivity contribution in [3.05, 3.63) is 24.3 Å². The quantitative estimate of drug-likeness (QED) is 0.590. The molecular weight excluding hydrogens is 322 g/mol. The van der Waals surface area contributed by atoms with Crippen LogP contribution in [0.1, 0.15) is 47.5 Å². The third kappa shape index (κ3) is 4.46. The summed E-state index contributed by atoms with van der Waals surface area (Å²) < 4.78 is 27.3. The van der Waals surface area contributed by atoms with E-state index in [1.165, 1.54) is 23.3 Å². The Morgan fingerprint density at radius 3 is 1.61 bits per heavy atom. The number of sulfonamides is 1. The van der Waals surface area contributed by atoms with E-state index in [-0.39, 0.29) is 0 Å². The van der Waals surface area contributed by atoms with Gasteiger partial charge in [-0.15, -0.1) is 0 Å². The molecule has 132 valence electrons. The smallest absolute Gasteiger partial charge is 0.207 e. The van der Waals surface area contributed by atoms with Crippen LogP contribution in [0, 0.1) is 0 Å². The van der Waals surface area contributed by atoms with Crippen molar-refractivity contribution in [2.75, 3.05) is 13.1 Å². The molecule has 0 aliphatic carbocycles. The largest absolute Gasteiger partial charge is 0.243 e. The summed E-state index contributed by atoms with van der Waals surface area (Å²) in [6.07, 6.45) is 1.68. The number of rotatable bonds is 10. The molecule has 0 fully saturated rings. The van der Waals surface area contributed by atoms with Gasteiger partial charge >= 0.3 is 0 Å². The van der Waals surface area contributed by atoms with Gasteiger partial charge in [0.2, 0.25) is 10.0 Å².